The highest BCUT2D eigenvalue weighted by molar-refractivity contribution is 7.99. The van der Waals surface area contributed by atoms with Gasteiger partial charge in [-0.2, -0.15) is 0 Å². The molecule has 0 aliphatic heterocycles. The van der Waals surface area contributed by atoms with Gasteiger partial charge in [-0.15, -0.1) is 11.8 Å². The van der Waals surface area contributed by atoms with Gasteiger partial charge in [0.15, 0.2) is 0 Å². The molecule has 4 heteroatoms. The summed E-state index contributed by atoms with van der Waals surface area (Å²) < 4.78 is 0. The second kappa shape index (κ2) is 7.30. The lowest BCUT2D eigenvalue weighted by Gasteiger charge is -2.14. The number of amides is 1. The minimum absolute atomic E-state index is 0.0622. The quantitative estimate of drug-likeness (QED) is 0.739. The summed E-state index contributed by atoms with van der Waals surface area (Å²) in [6.07, 6.45) is 2.77. The fourth-order valence-electron chi connectivity index (χ4n) is 1.43. The molecule has 1 rings (SSSR count). The first kappa shape index (κ1) is 13.1. The molecule has 1 amide bonds. The van der Waals surface area contributed by atoms with E-state index in [1.807, 2.05) is 36.6 Å². The molecular formula is C12H18N2OS. The van der Waals surface area contributed by atoms with Crippen molar-refractivity contribution in [3.8, 4) is 0 Å². The molecule has 1 aromatic carbocycles. The Hall–Kier alpha value is -1.00. The van der Waals surface area contributed by atoms with Gasteiger partial charge in [0.25, 0.3) is 0 Å². The van der Waals surface area contributed by atoms with Gasteiger partial charge in [0.2, 0.25) is 5.91 Å². The predicted molar refractivity (Wildman–Crippen MR) is 69.4 cm³/mol. The minimum atomic E-state index is -0.126. The van der Waals surface area contributed by atoms with Crippen LogP contribution < -0.4 is 11.1 Å². The van der Waals surface area contributed by atoms with E-state index in [0.29, 0.717) is 13.1 Å². The molecule has 0 bridgehead atoms. The van der Waals surface area contributed by atoms with Crippen molar-refractivity contribution in [1.29, 1.82) is 0 Å². The molecule has 0 spiro atoms. The molecule has 1 aromatic rings. The number of carbonyl (C=O) groups is 1. The summed E-state index contributed by atoms with van der Waals surface area (Å²) in [5.41, 5.74) is 6.42. The molecule has 1 unspecified atom stereocenters. The summed E-state index contributed by atoms with van der Waals surface area (Å²) in [6.45, 7) is 1.26. The zero-order valence-corrected chi connectivity index (χ0v) is 10.3. The van der Waals surface area contributed by atoms with Gasteiger partial charge in [0.1, 0.15) is 5.25 Å². The average molecular weight is 238 g/mol. The Morgan fingerprint density at radius 2 is 2.12 bits per heavy atom. The third-order valence-corrected chi connectivity index (χ3v) is 3.21. The van der Waals surface area contributed by atoms with Crippen LogP contribution in [0.2, 0.25) is 0 Å². The van der Waals surface area contributed by atoms with Crippen LogP contribution in [-0.4, -0.2) is 25.3 Å². The second-order valence-corrected chi connectivity index (χ2v) is 4.40. The lowest BCUT2D eigenvalue weighted by Crippen LogP contribution is -2.29. The van der Waals surface area contributed by atoms with Crippen molar-refractivity contribution in [2.45, 2.75) is 11.7 Å². The SMILES string of the molecule is CSC(C(=O)NCCCN)c1ccccc1. The van der Waals surface area contributed by atoms with E-state index in [1.165, 1.54) is 0 Å². The number of benzene rings is 1. The van der Waals surface area contributed by atoms with Crippen LogP contribution in [0.1, 0.15) is 17.2 Å². The second-order valence-electron chi connectivity index (χ2n) is 3.46. The molecule has 0 aliphatic carbocycles. The standard InChI is InChI=1S/C12H18N2OS/c1-16-11(10-6-3-2-4-7-10)12(15)14-9-5-8-13/h2-4,6-7,11H,5,8-9,13H2,1H3,(H,14,15). The summed E-state index contributed by atoms with van der Waals surface area (Å²) >= 11 is 1.55. The minimum Gasteiger partial charge on any atom is -0.355 e. The lowest BCUT2D eigenvalue weighted by atomic mass is 10.1. The lowest BCUT2D eigenvalue weighted by molar-refractivity contribution is -0.120. The first-order chi connectivity index (χ1) is 7.79. The Balaban J connectivity index is 2.57. The van der Waals surface area contributed by atoms with Crippen molar-refractivity contribution < 1.29 is 4.79 Å². The van der Waals surface area contributed by atoms with E-state index in [1.54, 1.807) is 11.8 Å². The fraction of sp³-hybridized carbons (Fsp3) is 0.417. The number of carbonyl (C=O) groups excluding carboxylic acids is 1. The molecule has 0 heterocycles. The van der Waals surface area contributed by atoms with Gasteiger partial charge in [-0.05, 0) is 24.8 Å². The molecule has 88 valence electrons. The molecule has 0 saturated heterocycles. The van der Waals surface area contributed by atoms with Crippen LogP contribution in [0, 0.1) is 0 Å². The summed E-state index contributed by atoms with van der Waals surface area (Å²) in [4.78, 5) is 11.9. The third-order valence-electron chi connectivity index (χ3n) is 2.26. The van der Waals surface area contributed by atoms with E-state index in [9.17, 15) is 4.79 Å². The molecule has 1 atom stereocenters. The zero-order valence-electron chi connectivity index (χ0n) is 9.48. The Morgan fingerprint density at radius 3 is 2.69 bits per heavy atom. The van der Waals surface area contributed by atoms with Crippen LogP contribution in [0.4, 0.5) is 0 Å². The maximum absolute atomic E-state index is 11.9. The van der Waals surface area contributed by atoms with Crippen LogP contribution >= 0.6 is 11.8 Å². The smallest absolute Gasteiger partial charge is 0.237 e. The van der Waals surface area contributed by atoms with Crippen LogP contribution in [0.5, 0.6) is 0 Å². The van der Waals surface area contributed by atoms with Crippen LogP contribution in [0.3, 0.4) is 0 Å². The normalized spacial score (nSPS) is 12.1. The average Bonchev–Trinajstić information content (AvgIpc) is 2.32. The molecule has 0 saturated carbocycles. The highest BCUT2D eigenvalue weighted by Gasteiger charge is 2.18. The first-order valence-corrected chi connectivity index (χ1v) is 6.64. The van der Waals surface area contributed by atoms with Crippen LogP contribution in [0.15, 0.2) is 30.3 Å². The van der Waals surface area contributed by atoms with Gasteiger partial charge >= 0.3 is 0 Å². The maximum Gasteiger partial charge on any atom is 0.237 e. The van der Waals surface area contributed by atoms with Crippen molar-refractivity contribution in [3.05, 3.63) is 35.9 Å². The Morgan fingerprint density at radius 1 is 1.44 bits per heavy atom. The van der Waals surface area contributed by atoms with Crippen molar-refractivity contribution in [2.24, 2.45) is 5.73 Å². The van der Waals surface area contributed by atoms with E-state index in [2.05, 4.69) is 5.32 Å². The van der Waals surface area contributed by atoms with E-state index in [0.717, 1.165) is 12.0 Å². The number of thioether (sulfide) groups is 1. The van der Waals surface area contributed by atoms with Gasteiger partial charge in [0, 0.05) is 6.54 Å². The number of hydrogen-bond donors (Lipinski definition) is 2. The summed E-state index contributed by atoms with van der Waals surface area (Å²) in [6, 6.07) is 9.80. The van der Waals surface area contributed by atoms with Gasteiger partial charge < -0.3 is 11.1 Å². The van der Waals surface area contributed by atoms with E-state index in [4.69, 9.17) is 5.73 Å². The van der Waals surface area contributed by atoms with E-state index in [-0.39, 0.29) is 11.2 Å². The van der Waals surface area contributed by atoms with Gasteiger partial charge in [-0.25, -0.2) is 0 Å². The molecule has 0 aromatic heterocycles. The number of nitrogens with two attached hydrogens (primary N) is 1. The van der Waals surface area contributed by atoms with Gasteiger partial charge in [-0.1, -0.05) is 30.3 Å². The third kappa shape index (κ3) is 3.87. The van der Waals surface area contributed by atoms with Crippen LogP contribution in [-0.2, 0) is 4.79 Å². The van der Waals surface area contributed by atoms with Gasteiger partial charge in [0.05, 0.1) is 0 Å². The predicted octanol–water partition coefficient (Wildman–Crippen LogP) is 1.56. The maximum atomic E-state index is 11.9. The Bertz CT molecular complexity index is 316. The highest BCUT2D eigenvalue weighted by atomic mass is 32.2. The molecule has 3 nitrogen and oxygen atoms in total. The molecule has 0 radical (unpaired) electrons. The molecule has 16 heavy (non-hydrogen) atoms. The van der Waals surface area contributed by atoms with Crippen molar-refractivity contribution in [2.75, 3.05) is 19.3 Å². The fourth-order valence-corrected chi connectivity index (χ4v) is 2.16. The number of nitrogens with one attached hydrogen (secondary N) is 1. The molecule has 0 aliphatic rings. The number of rotatable bonds is 6. The van der Waals surface area contributed by atoms with Crippen molar-refractivity contribution in [3.63, 3.8) is 0 Å². The topological polar surface area (TPSA) is 55.1 Å². The van der Waals surface area contributed by atoms with Gasteiger partial charge in [-0.3, -0.25) is 4.79 Å². The zero-order chi connectivity index (χ0) is 11.8. The summed E-state index contributed by atoms with van der Waals surface area (Å²) in [7, 11) is 0. The first-order valence-electron chi connectivity index (χ1n) is 5.35. The monoisotopic (exact) mass is 238 g/mol. The number of hydrogen-bond acceptors (Lipinski definition) is 3. The Kier molecular flexibility index (Phi) is 5.96. The molecule has 0 fully saturated rings. The largest absolute Gasteiger partial charge is 0.355 e. The van der Waals surface area contributed by atoms with E-state index >= 15 is 0 Å². The Labute approximate surface area is 101 Å². The summed E-state index contributed by atoms with van der Waals surface area (Å²) in [5.74, 6) is 0.0622. The molecular weight excluding hydrogens is 220 g/mol. The van der Waals surface area contributed by atoms with E-state index < -0.39 is 0 Å². The van der Waals surface area contributed by atoms with Crippen molar-refractivity contribution >= 4 is 17.7 Å². The summed E-state index contributed by atoms with van der Waals surface area (Å²) in [5, 5.41) is 2.77. The van der Waals surface area contributed by atoms with Crippen molar-refractivity contribution in [1.82, 2.24) is 5.32 Å². The molecule has 3 N–H and O–H groups in total. The van der Waals surface area contributed by atoms with Crippen LogP contribution in [0.25, 0.3) is 0 Å². The highest BCUT2D eigenvalue weighted by Crippen LogP contribution is 2.26.